The summed E-state index contributed by atoms with van der Waals surface area (Å²) in [4.78, 5) is 12.4. The number of amides is 1. The molecule has 1 amide bonds. The molecule has 0 radical (unpaired) electrons. The van der Waals surface area contributed by atoms with Gasteiger partial charge in [0.25, 0.3) is 5.91 Å². The number of nitrogens with zero attached hydrogens (tertiary/aromatic N) is 1. The third-order valence-electron chi connectivity index (χ3n) is 3.72. The predicted octanol–water partition coefficient (Wildman–Crippen LogP) is 2.20. The molecule has 0 spiro atoms. The van der Waals surface area contributed by atoms with E-state index < -0.39 is 5.60 Å². The van der Waals surface area contributed by atoms with Crippen molar-refractivity contribution in [1.29, 1.82) is 0 Å². The number of carbonyl (C=O) groups is 1. The van der Waals surface area contributed by atoms with Crippen molar-refractivity contribution in [3.05, 3.63) is 65.9 Å². The molecule has 0 aliphatic carbocycles. The fraction of sp³-hybridized carbons (Fsp3) is 0.176. The first-order chi connectivity index (χ1) is 10.6. The summed E-state index contributed by atoms with van der Waals surface area (Å²) < 4.78 is 0. The lowest BCUT2D eigenvalue weighted by atomic mass is 9.96. The van der Waals surface area contributed by atoms with Gasteiger partial charge < -0.3 is 10.4 Å². The van der Waals surface area contributed by atoms with E-state index in [4.69, 9.17) is 0 Å². The van der Waals surface area contributed by atoms with Crippen LogP contribution < -0.4 is 5.32 Å². The van der Waals surface area contributed by atoms with Crippen molar-refractivity contribution in [3.63, 3.8) is 0 Å². The summed E-state index contributed by atoms with van der Waals surface area (Å²) in [6.07, 6.45) is 1.62. The zero-order valence-corrected chi connectivity index (χ0v) is 12.2. The van der Waals surface area contributed by atoms with Crippen LogP contribution >= 0.6 is 0 Å². The highest BCUT2D eigenvalue weighted by Crippen LogP contribution is 2.20. The average molecular weight is 295 g/mol. The Morgan fingerprint density at radius 2 is 2.00 bits per heavy atom. The maximum Gasteiger partial charge on any atom is 0.252 e. The number of hydrogen-bond acceptors (Lipinski definition) is 3. The highest BCUT2D eigenvalue weighted by atomic mass is 16.3. The number of hydrogen-bond donors (Lipinski definition) is 3. The van der Waals surface area contributed by atoms with Crippen LogP contribution in [0.1, 0.15) is 22.8 Å². The van der Waals surface area contributed by atoms with Gasteiger partial charge in [0.05, 0.1) is 23.8 Å². The van der Waals surface area contributed by atoms with Crippen molar-refractivity contribution >= 4 is 16.8 Å². The molecule has 22 heavy (non-hydrogen) atoms. The summed E-state index contributed by atoms with van der Waals surface area (Å²) in [5.74, 6) is -0.233. The van der Waals surface area contributed by atoms with Crippen LogP contribution in [-0.4, -0.2) is 27.8 Å². The van der Waals surface area contributed by atoms with Gasteiger partial charge in [0, 0.05) is 5.39 Å². The molecule has 0 saturated heterocycles. The van der Waals surface area contributed by atoms with E-state index in [-0.39, 0.29) is 12.5 Å². The Kier molecular flexibility index (Phi) is 3.65. The zero-order chi connectivity index (χ0) is 15.6. The number of aromatic amines is 1. The highest BCUT2D eigenvalue weighted by Gasteiger charge is 2.24. The van der Waals surface area contributed by atoms with Crippen molar-refractivity contribution < 1.29 is 9.90 Å². The van der Waals surface area contributed by atoms with Gasteiger partial charge in [0.15, 0.2) is 0 Å². The normalized spacial score (nSPS) is 13.7. The predicted molar refractivity (Wildman–Crippen MR) is 84.4 cm³/mol. The van der Waals surface area contributed by atoms with E-state index in [0.29, 0.717) is 5.56 Å². The molecule has 0 saturated carbocycles. The maximum atomic E-state index is 12.4. The largest absolute Gasteiger partial charge is 0.384 e. The monoisotopic (exact) mass is 295 g/mol. The van der Waals surface area contributed by atoms with E-state index in [1.807, 2.05) is 36.4 Å². The molecule has 0 unspecified atom stereocenters. The van der Waals surface area contributed by atoms with E-state index in [1.54, 1.807) is 25.3 Å². The topological polar surface area (TPSA) is 78.0 Å². The smallest absolute Gasteiger partial charge is 0.252 e. The van der Waals surface area contributed by atoms with Gasteiger partial charge in [-0.3, -0.25) is 9.89 Å². The van der Waals surface area contributed by atoms with Crippen LogP contribution in [-0.2, 0) is 5.60 Å². The van der Waals surface area contributed by atoms with E-state index >= 15 is 0 Å². The van der Waals surface area contributed by atoms with Crippen molar-refractivity contribution in [2.75, 3.05) is 6.54 Å². The summed E-state index contributed by atoms with van der Waals surface area (Å²) in [6.45, 7) is 1.81. The van der Waals surface area contributed by atoms with Gasteiger partial charge >= 0.3 is 0 Å². The number of aliphatic hydroxyl groups is 1. The molecule has 5 nitrogen and oxygen atoms in total. The third-order valence-corrected chi connectivity index (χ3v) is 3.72. The maximum absolute atomic E-state index is 12.4. The summed E-state index contributed by atoms with van der Waals surface area (Å²) in [5.41, 5.74) is 0.982. The molecule has 112 valence electrons. The van der Waals surface area contributed by atoms with Crippen LogP contribution in [0.4, 0.5) is 0 Å². The molecular formula is C17H17N3O2. The number of rotatable bonds is 4. The van der Waals surface area contributed by atoms with Crippen LogP contribution in [0.2, 0.25) is 0 Å². The van der Waals surface area contributed by atoms with E-state index in [2.05, 4.69) is 15.5 Å². The molecule has 3 N–H and O–H groups in total. The van der Waals surface area contributed by atoms with Crippen molar-refractivity contribution in [1.82, 2.24) is 15.5 Å². The van der Waals surface area contributed by atoms with Gasteiger partial charge in [-0.15, -0.1) is 0 Å². The lowest BCUT2D eigenvalue weighted by Gasteiger charge is -2.24. The van der Waals surface area contributed by atoms with Gasteiger partial charge in [-0.2, -0.15) is 5.10 Å². The molecule has 1 atom stereocenters. The quantitative estimate of drug-likeness (QED) is 0.690. The molecule has 0 fully saturated rings. The first-order valence-corrected chi connectivity index (χ1v) is 7.06. The van der Waals surface area contributed by atoms with Crippen LogP contribution in [0.15, 0.2) is 54.7 Å². The third kappa shape index (κ3) is 2.71. The van der Waals surface area contributed by atoms with Crippen molar-refractivity contribution in [2.45, 2.75) is 12.5 Å². The summed E-state index contributed by atoms with van der Waals surface area (Å²) >= 11 is 0. The van der Waals surface area contributed by atoms with Gasteiger partial charge in [-0.05, 0) is 24.6 Å². The molecule has 0 aliphatic heterocycles. The Morgan fingerprint density at radius 1 is 1.23 bits per heavy atom. The molecule has 0 bridgehead atoms. The minimum absolute atomic E-state index is 0.129. The van der Waals surface area contributed by atoms with E-state index in [1.165, 1.54) is 0 Å². The standard InChI is InChI=1S/C17H17N3O2/c1-17(22,12-6-3-2-4-7-12)11-18-16(21)13-8-5-9-15-14(13)10-19-20-15/h2-10,22H,11H2,1H3,(H,18,21)(H,19,20)/t17-/m1/s1. The molecule has 3 aromatic rings. The second-order valence-electron chi connectivity index (χ2n) is 5.46. The Balaban J connectivity index is 1.76. The van der Waals surface area contributed by atoms with Gasteiger partial charge in [0.2, 0.25) is 0 Å². The number of carbonyl (C=O) groups excluding carboxylic acids is 1. The fourth-order valence-corrected chi connectivity index (χ4v) is 2.41. The highest BCUT2D eigenvalue weighted by molar-refractivity contribution is 6.06. The van der Waals surface area contributed by atoms with Crippen LogP contribution in [0.5, 0.6) is 0 Å². The molecule has 0 aliphatic rings. The van der Waals surface area contributed by atoms with Gasteiger partial charge in [-0.1, -0.05) is 36.4 Å². The first-order valence-electron chi connectivity index (χ1n) is 7.06. The Bertz CT molecular complexity index is 794. The summed E-state index contributed by atoms with van der Waals surface area (Å²) in [7, 11) is 0. The number of fused-ring (bicyclic) bond motifs is 1. The van der Waals surface area contributed by atoms with Gasteiger partial charge in [-0.25, -0.2) is 0 Å². The first kappa shape index (κ1) is 14.3. The molecule has 2 aromatic carbocycles. The summed E-state index contributed by atoms with van der Waals surface area (Å²) in [5, 5.41) is 20.9. The fourth-order valence-electron chi connectivity index (χ4n) is 2.41. The van der Waals surface area contributed by atoms with Crippen molar-refractivity contribution in [2.24, 2.45) is 0 Å². The second kappa shape index (κ2) is 5.61. The Hall–Kier alpha value is -2.66. The summed E-state index contributed by atoms with van der Waals surface area (Å²) in [6, 6.07) is 14.7. The molecular weight excluding hydrogens is 278 g/mol. The molecule has 5 heteroatoms. The average Bonchev–Trinajstić information content (AvgIpc) is 3.02. The van der Waals surface area contributed by atoms with E-state index in [0.717, 1.165) is 16.5 Å². The van der Waals surface area contributed by atoms with Gasteiger partial charge in [0.1, 0.15) is 5.60 Å². The molecule has 3 rings (SSSR count). The second-order valence-corrected chi connectivity index (χ2v) is 5.46. The number of nitrogens with one attached hydrogen (secondary N) is 2. The van der Waals surface area contributed by atoms with Crippen LogP contribution in [0.3, 0.4) is 0 Å². The molecule has 1 heterocycles. The number of H-pyrrole nitrogens is 1. The lowest BCUT2D eigenvalue weighted by Crippen LogP contribution is -2.38. The minimum Gasteiger partial charge on any atom is -0.384 e. The van der Waals surface area contributed by atoms with Crippen LogP contribution in [0.25, 0.3) is 10.9 Å². The lowest BCUT2D eigenvalue weighted by molar-refractivity contribution is 0.0527. The number of aromatic nitrogens is 2. The van der Waals surface area contributed by atoms with Crippen molar-refractivity contribution in [3.8, 4) is 0 Å². The Morgan fingerprint density at radius 3 is 2.77 bits per heavy atom. The number of benzene rings is 2. The van der Waals surface area contributed by atoms with Crippen LogP contribution in [0, 0.1) is 0 Å². The van der Waals surface area contributed by atoms with E-state index in [9.17, 15) is 9.90 Å². The molecule has 1 aromatic heterocycles. The zero-order valence-electron chi connectivity index (χ0n) is 12.2. The SMILES string of the molecule is C[C@@](O)(CNC(=O)c1cccc2[nH]ncc12)c1ccccc1. The Labute approximate surface area is 128 Å². The minimum atomic E-state index is -1.12.